The third-order valence-corrected chi connectivity index (χ3v) is 2.27. The maximum Gasteiger partial charge on any atom is 0.200 e. The zero-order chi connectivity index (χ0) is 11.5. The number of nitrogens with one attached hydrogen (secondary N) is 2. The first kappa shape index (κ1) is 10.6. The largest absolute Gasteiger partial charge is 0.369 e. The lowest BCUT2D eigenvalue weighted by molar-refractivity contribution is 1.17. The number of hydrogen-bond acceptors (Lipinski definition) is 4. The second kappa shape index (κ2) is 4.32. The average molecular weight is 232 g/mol. The van der Waals surface area contributed by atoms with Crippen molar-refractivity contribution in [1.29, 1.82) is 0 Å². The van der Waals surface area contributed by atoms with Crippen LogP contribution in [-0.2, 0) is 0 Å². The number of aryl methyl sites for hydroxylation is 1. The lowest BCUT2D eigenvalue weighted by Crippen LogP contribution is -1.99. The predicted molar refractivity (Wildman–Crippen MR) is 68.3 cm³/mol. The number of rotatable bonds is 2. The summed E-state index contributed by atoms with van der Waals surface area (Å²) in [6.45, 7) is 2.04. The first-order chi connectivity index (χ1) is 7.63. The molecule has 2 aromatic rings. The number of anilines is 3. The molecule has 0 spiro atoms. The number of benzene rings is 1. The first-order valence-corrected chi connectivity index (χ1v) is 5.25. The van der Waals surface area contributed by atoms with E-state index in [2.05, 4.69) is 15.3 Å². The molecule has 0 saturated carbocycles. The van der Waals surface area contributed by atoms with Crippen LogP contribution in [0.25, 0.3) is 0 Å². The van der Waals surface area contributed by atoms with E-state index >= 15 is 0 Å². The van der Waals surface area contributed by atoms with Crippen molar-refractivity contribution in [1.82, 2.24) is 9.97 Å². The van der Waals surface area contributed by atoms with Crippen LogP contribution in [0.4, 0.5) is 17.5 Å². The van der Waals surface area contributed by atoms with Crippen LogP contribution in [0.3, 0.4) is 0 Å². The lowest BCUT2D eigenvalue weighted by atomic mass is 10.2. The van der Waals surface area contributed by atoms with E-state index in [0.29, 0.717) is 10.6 Å². The number of nitrogen functional groups attached to an aromatic ring is 1. The number of hydrogen-bond donors (Lipinski definition) is 3. The molecule has 82 valence electrons. The van der Waals surface area contributed by atoms with Crippen LogP contribution in [-0.4, -0.2) is 9.97 Å². The van der Waals surface area contributed by atoms with E-state index in [4.69, 9.17) is 18.0 Å². The average Bonchev–Trinajstić information content (AvgIpc) is 2.15. The summed E-state index contributed by atoms with van der Waals surface area (Å²) in [5.41, 5.74) is 7.74. The van der Waals surface area contributed by atoms with E-state index in [1.807, 2.05) is 31.2 Å². The molecule has 16 heavy (non-hydrogen) atoms. The Morgan fingerprint density at radius 3 is 2.88 bits per heavy atom. The molecule has 0 aliphatic carbocycles. The number of H-pyrrole nitrogens is 1. The summed E-state index contributed by atoms with van der Waals surface area (Å²) in [5, 5.41) is 3.18. The zero-order valence-electron chi connectivity index (χ0n) is 8.82. The number of aromatic amines is 1. The summed E-state index contributed by atoms with van der Waals surface area (Å²) < 4.78 is 0.464. The fourth-order valence-corrected chi connectivity index (χ4v) is 1.64. The SMILES string of the molecule is Cc1cccc(Nc2cc(=S)nc(N)[nH]2)c1. The molecule has 0 bridgehead atoms. The minimum absolute atomic E-state index is 0.308. The molecule has 1 aromatic carbocycles. The maximum atomic E-state index is 5.57. The molecule has 0 fully saturated rings. The molecule has 0 saturated heterocycles. The van der Waals surface area contributed by atoms with Crippen LogP contribution in [0.2, 0.25) is 0 Å². The molecule has 0 unspecified atom stereocenters. The standard InChI is InChI=1S/C11H12N4S/c1-7-3-2-4-8(5-7)13-9-6-10(16)15-11(12)14-9/h2-6H,1H3,(H4,12,13,14,15,16). The fourth-order valence-electron chi connectivity index (χ4n) is 1.42. The smallest absolute Gasteiger partial charge is 0.200 e. The van der Waals surface area contributed by atoms with Gasteiger partial charge in [0.25, 0.3) is 0 Å². The van der Waals surface area contributed by atoms with Gasteiger partial charge in [-0.1, -0.05) is 24.4 Å². The van der Waals surface area contributed by atoms with Crippen LogP contribution >= 0.6 is 12.2 Å². The van der Waals surface area contributed by atoms with E-state index in [9.17, 15) is 0 Å². The van der Waals surface area contributed by atoms with Gasteiger partial charge in [-0.3, -0.25) is 0 Å². The van der Waals surface area contributed by atoms with Crippen molar-refractivity contribution in [2.75, 3.05) is 11.1 Å². The topological polar surface area (TPSA) is 66.7 Å². The van der Waals surface area contributed by atoms with Crippen molar-refractivity contribution in [3.63, 3.8) is 0 Å². The van der Waals surface area contributed by atoms with Crippen molar-refractivity contribution in [2.24, 2.45) is 0 Å². The van der Waals surface area contributed by atoms with Gasteiger partial charge < -0.3 is 16.0 Å². The summed E-state index contributed by atoms with van der Waals surface area (Å²) in [5.74, 6) is 1.05. The van der Waals surface area contributed by atoms with Gasteiger partial charge in [0.15, 0.2) is 5.95 Å². The Bertz CT molecular complexity index is 562. The van der Waals surface area contributed by atoms with Crippen LogP contribution in [0.1, 0.15) is 5.56 Å². The molecule has 2 rings (SSSR count). The molecule has 0 radical (unpaired) electrons. The minimum Gasteiger partial charge on any atom is -0.369 e. The Morgan fingerprint density at radius 1 is 1.38 bits per heavy atom. The molecule has 1 aromatic heterocycles. The van der Waals surface area contributed by atoms with Crippen LogP contribution in [0.5, 0.6) is 0 Å². The molecule has 0 aliphatic rings. The van der Waals surface area contributed by atoms with E-state index in [-0.39, 0.29) is 0 Å². The summed E-state index contributed by atoms with van der Waals surface area (Å²) >= 11 is 4.98. The van der Waals surface area contributed by atoms with E-state index in [0.717, 1.165) is 11.5 Å². The number of nitrogens with zero attached hydrogens (tertiary/aromatic N) is 1. The van der Waals surface area contributed by atoms with Gasteiger partial charge in [0.05, 0.1) is 0 Å². The summed E-state index contributed by atoms with van der Waals surface area (Å²) in [6.07, 6.45) is 0. The van der Waals surface area contributed by atoms with Crippen molar-refractivity contribution in [3.05, 3.63) is 40.5 Å². The molecular weight excluding hydrogens is 220 g/mol. The fraction of sp³-hybridized carbons (Fsp3) is 0.0909. The highest BCUT2D eigenvalue weighted by molar-refractivity contribution is 7.71. The molecule has 0 amide bonds. The summed E-state index contributed by atoms with van der Waals surface area (Å²) in [7, 11) is 0. The normalized spacial score (nSPS) is 10.1. The molecule has 0 atom stereocenters. The number of nitrogens with two attached hydrogens (primary N) is 1. The third kappa shape index (κ3) is 2.58. The summed E-state index contributed by atoms with van der Waals surface area (Å²) in [4.78, 5) is 6.80. The van der Waals surface area contributed by atoms with Gasteiger partial charge in [-0.15, -0.1) is 0 Å². The third-order valence-electron chi connectivity index (χ3n) is 2.06. The van der Waals surface area contributed by atoms with E-state index in [1.165, 1.54) is 5.56 Å². The van der Waals surface area contributed by atoms with Gasteiger partial charge in [-0.05, 0) is 24.6 Å². The second-order valence-electron chi connectivity index (χ2n) is 3.51. The molecule has 5 heteroatoms. The first-order valence-electron chi connectivity index (χ1n) is 4.84. The van der Waals surface area contributed by atoms with Gasteiger partial charge in [-0.2, -0.15) is 0 Å². The predicted octanol–water partition coefficient (Wildman–Crippen LogP) is 2.77. The van der Waals surface area contributed by atoms with Crippen molar-refractivity contribution >= 4 is 29.7 Å². The quantitative estimate of drug-likeness (QED) is 0.696. The van der Waals surface area contributed by atoms with Gasteiger partial charge in [-0.25, -0.2) is 4.98 Å². The van der Waals surface area contributed by atoms with Gasteiger partial charge >= 0.3 is 0 Å². The van der Waals surface area contributed by atoms with Gasteiger partial charge in [0.1, 0.15) is 10.5 Å². The monoisotopic (exact) mass is 232 g/mol. The lowest BCUT2D eigenvalue weighted by Gasteiger charge is -2.07. The van der Waals surface area contributed by atoms with Crippen molar-refractivity contribution < 1.29 is 0 Å². The van der Waals surface area contributed by atoms with Crippen molar-refractivity contribution in [3.8, 4) is 0 Å². The Morgan fingerprint density at radius 2 is 2.19 bits per heavy atom. The second-order valence-corrected chi connectivity index (χ2v) is 3.93. The van der Waals surface area contributed by atoms with Crippen LogP contribution in [0, 0.1) is 11.6 Å². The Balaban J connectivity index is 2.30. The van der Waals surface area contributed by atoms with E-state index < -0.39 is 0 Å². The molecule has 1 heterocycles. The van der Waals surface area contributed by atoms with Crippen LogP contribution in [0.15, 0.2) is 30.3 Å². The van der Waals surface area contributed by atoms with Gasteiger partial charge in [0.2, 0.25) is 0 Å². The molecule has 4 nitrogen and oxygen atoms in total. The Kier molecular flexibility index (Phi) is 2.87. The van der Waals surface area contributed by atoms with Gasteiger partial charge in [0, 0.05) is 11.8 Å². The highest BCUT2D eigenvalue weighted by atomic mass is 32.1. The minimum atomic E-state index is 0.308. The maximum absolute atomic E-state index is 5.57. The molecular formula is C11H12N4S. The Hall–Kier alpha value is -1.88. The van der Waals surface area contributed by atoms with E-state index in [1.54, 1.807) is 6.07 Å². The Labute approximate surface area is 98.5 Å². The molecule has 4 N–H and O–H groups in total. The highest BCUT2D eigenvalue weighted by Crippen LogP contribution is 2.15. The zero-order valence-corrected chi connectivity index (χ0v) is 9.64. The van der Waals surface area contributed by atoms with Crippen molar-refractivity contribution in [2.45, 2.75) is 6.92 Å². The number of aromatic nitrogens is 2. The molecule has 0 aliphatic heterocycles. The van der Waals surface area contributed by atoms with Crippen LogP contribution < -0.4 is 11.1 Å². The highest BCUT2D eigenvalue weighted by Gasteiger charge is 1.97. The summed E-state index contributed by atoms with van der Waals surface area (Å²) in [6, 6.07) is 9.76.